The number of pyridine rings is 1. The zero-order chi connectivity index (χ0) is 8.39. The molecule has 2 nitrogen and oxygen atoms in total. The highest BCUT2D eigenvalue weighted by atomic mass is 14.9. The Bertz CT molecular complexity index is 245. The van der Waals surface area contributed by atoms with Crippen molar-refractivity contribution in [2.24, 2.45) is 0 Å². The van der Waals surface area contributed by atoms with Crippen LogP contribution in [0.5, 0.6) is 0 Å². The summed E-state index contributed by atoms with van der Waals surface area (Å²) in [6.45, 7) is 3.20. The number of rotatable bonds is 2. The third-order valence-electron chi connectivity index (χ3n) is 2.38. The van der Waals surface area contributed by atoms with Crippen molar-refractivity contribution in [3.63, 3.8) is 0 Å². The SMILES string of the molecule is CCN[C@H]1Cc2cccnc2C1. The predicted molar refractivity (Wildman–Crippen MR) is 49.1 cm³/mol. The van der Waals surface area contributed by atoms with Crippen LogP contribution in [0, 0.1) is 0 Å². The van der Waals surface area contributed by atoms with Crippen LogP contribution in [-0.2, 0) is 12.8 Å². The molecule has 1 aromatic heterocycles. The minimum absolute atomic E-state index is 0.625. The van der Waals surface area contributed by atoms with Crippen molar-refractivity contribution in [2.75, 3.05) is 6.54 Å². The number of aromatic nitrogens is 1. The summed E-state index contributed by atoms with van der Waals surface area (Å²) in [5.74, 6) is 0. The molecule has 1 atom stereocenters. The van der Waals surface area contributed by atoms with Gasteiger partial charge in [0, 0.05) is 24.4 Å². The van der Waals surface area contributed by atoms with Crippen molar-refractivity contribution >= 4 is 0 Å². The second kappa shape index (κ2) is 3.23. The van der Waals surface area contributed by atoms with E-state index in [-0.39, 0.29) is 0 Å². The number of hydrogen-bond acceptors (Lipinski definition) is 2. The van der Waals surface area contributed by atoms with Gasteiger partial charge in [0.25, 0.3) is 0 Å². The van der Waals surface area contributed by atoms with Gasteiger partial charge in [0.05, 0.1) is 0 Å². The highest BCUT2D eigenvalue weighted by Crippen LogP contribution is 2.18. The maximum absolute atomic E-state index is 4.35. The van der Waals surface area contributed by atoms with Crippen LogP contribution in [0.2, 0.25) is 0 Å². The Morgan fingerprint density at radius 1 is 1.58 bits per heavy atom. The van der Waals surface area contributed by atoms with Crippen LogP contribution >= 0.6 is 0 Å². The van der Waals surface area contributed by atoms with Crippen molar-refractivity contribution in [2.45, 2.75) is 25.8 Å². The molecule has 1 aromatic rings. The van der Waals surface area contributed by atoms with Gasteiger partial charge in [0.1, 0.15) is 0 Å². The fourth-order valence-electron chi connectivity index (χ4n) is 1.84. The summed E-state index contributed by atoms with van der Waals surface area (Å²) in [5, 5.41) is 3.45. The maximum atomic E-state index is 4.35. The molecule has 12 heavy (non-hydrogen) atoms. The lowest BCUT2D eigenvalue weighted by Gasteiger charge is -2.07. The summed E-state index contributed by atoms with van der Waals surface area (Å²) in [6, 6.07) is 4.83. The average Bonchev–Trinajstić information content (AvgIpc) is 2.47. The van der Waals surface area contributed by atoms with E-state index in [9.17, 15) is 0 Å². The van der Waals surface area contributed by atoms with Gasteiger partial charge in [-0.05, 0) is 24.6 Å². The maximum Gasteiger partial charge on any atom is 0.0451 e. The van der Waals surface area contributed by atoms with E-state index in [4.69, 9.17) is 0 Å². The molecule has 0 saturated heterocycles. The van der Waals surface area contributed by atoms with E-state index >= 15 is 0 Å². The minimum atomic E-state index is 0.625. The predicted octanol–water partition coefficient (Wildman–Crippen LogP) is 1.16. The van der Waals surface area contributed by atoms with Crippen molar-refractivity contribution in [3.05, 3.63) is 29.6 Å². The highest BCUT2D eigenvalue weighted by Gasteiger charge is 2.20. The van der Waals surface area contributed by atoms with Gasteiger partial charge in [-0.25, -0.2) is 0 Å². The first-order valence-corrected chi connectivity index (χ1v) is 4.56. The molecule has 64 valence electrons. The number of hydrogen-bond donors (Lipinski definition) is 1. The summed E-state index contributed by atoms with van der Waals surface area (Å²) < 4.78 is 0. The number of nitrogens with zero attached hydrogens (tertiary/aromatic N) is 1. The van der Waals surface area contributed by atoms with Crippen LogP contribution < -0.4 is 5.32 Å². The van der Waals surface area contributed by atoms with Crippen LogP contribution in [0.4, 0.5) is 0 Å². The van der Waals surface area contributed by atoms with Gasteiger partial charge in [-0.3, -0.25) is 4.98 Å². The molecule has 0 bridgehead atoms. The third kappa shape index (κ3) is 1.34. The summed E-state index contributed by atoms with van der Waals surface area (Å²) in [7, 11) is 0. The molecule has 2 heteroatoms. The molecular weight excluding hydrogens is 148 g/mol. The van der Waals surface area contributed by atoms with E-state index < -0.39 is 0 Å². The van der Waals surface area contributed by atoms with Crippen LogP contribution in [0.25, 0.3) is 0 Å². The molecule has 0 fully saturated rings. The molecule has 0 saturated carbocycles. The molecule has 0 aromatic carbocycles. The fourth-order valence-corrected chi connectivity index (χ4v) is 1.84. The summed E-state index contributed by atoms with van der Waals surface area (Å²) in [4.78, 5) is 4.35. The Labute approximate surface area is 73.0 Å². The van der Waals surface area contributed by atoms with E-state index in [1.165, 1.54) is 11.3 Å². The van der Waals surface area contributed by atoms with Crippen molar-refractivity contribution < 1.29 is 0 Å². The van der Waals surface area contributed by atoms with E-state index in [1.807, 2.05) is 12.3 Å². The zero-order valence-electron chi connectivity index (χ0n) is 7.38. The molecule has 0 amide bonds. The monoisotopic (exact) mass is 162 g/mol. The Morgan fingerprint density at radius 3 is 3.25 bits per heavy atom. The lowest BCUT2D eigenvalue weighted by atomic mass is 10.2. The van der Waals surface area contributed by atoms with Crippen LogP contribution in [0.3, 0.4) is 0 Å². The second-order valence-electron chi connectivity index (χ2n) is 3.27. The van der Waals surface area contributed by atoms with E-state index in [1.54, 1.807) is 0 Å². The van der Waals surface area contributed by atoms with Crippen LogP contribution in [0.1, 0.15) is 18.2 Å². The van der Waals surface area contributed by atoms with Crippen molar-refractivity contribution in [3.8, 4) is 0 Å². The van der Waals surface area contributed by atoms with Gasteiger partial charge < -0.3 is 5.32 Å². The van der Waals surface area contributed by atoms with Crippen LogP contribution in [0.15, 0.2) is 18.3 Å². The Balaban J connectivity index is 2.11. The Morgan fingerprint density at radius 2 is 2.50 bits per heavy atom. The van der Waals surface area contributed by atoms with Gasteiger partial charge in [-0.15, -0.1) is 0 Å². The first-order valence-electron chi connectivity index (χ1n) is 4.56. The van der Waals surface area contributed by atoms with E-state index in [2.05, 4.69) is 23.3 Å². The molecule has 1 N–H and O–H groups in total. The normalized spacial score (nSPS) is 20.9. The van der Waals surface area contributed by atoms with Gasteiger partial charge in [-0.1, -0.05) is 13.0 Å². The lowest BCUT2D eigenvalue weighted by Crippen LogP contribution is -2.29. The molecule has 2 rings (SSSR count). The summed E-state index contributed by atoms with van der Waals surface area (Å²) >= 11 is 0. The van der Waals surface area contributed by atoms with E-state index in [0.717, 1.165) is 19.4 Å². The summed E-state index contributed by atoms with van der Waals surface area (Å²) in [6.07, 6.45) is 4.13. The topological polar surface area (TPSA) is 24.9 Å². The Kier molecular flexibility index (Phi) is 2.09. The molecule has 1 aliphatic carbocycles. The fraction of sp³-hybridized carbons (Fsp3) is 0.500. The standard InChI is InChI=1S/C10H14N2/c1-2-11-9-6-8-4-3-5-12-10(8)7-9/h3-5,9,11H,2,6-7H2,1H3/t9-/m0/s1. The van der Waals surface area contributed by atoms with Crippen molar-refractivity contribution in [1.29, 1.82) is 0 Å². The van der Waals surface area contributed by atoms with Gasteiger partial charge in [0.15, 0.2) is 0 Å². The molecule has 0 aliphatic heterocycles. The molecule has 1 heterocycles. The third-order valence-corrected chi connectivity index (χ3v) is 2.38. The van der Waals surface area contributed by atoms with Gasteiger partial charge >= 0.3 is 0 Å². The van der Waals surface area contributed by atoms with E-state index in [0.29, 0.717) is 6.04 Å². The van der Waals surface area contributed by atoms with Gasteiger partial charge in [-0.2, -0.15) is 0 Å². The minimum Gasteiger partial charge on any atom is -0.314 e. The summed E-state index contributed by atoms with van der Waals surface area (Å²) in [5.41, 5.74) is 2.70. The zero-order valence-corrected chi connectivity index (χ0v) is 7.38. The quantitative estimate of drug-likeness (QED) is 0.706. The van der Waals surface area contributed by atoms with Crippen molar-refractivity contribution in [1.82, 2.24) is 10.3 Å². The Hall–Kier alpha value is -0.890. The largest absolute Gasteiger partial charge is 0.314 e. The number of likely N-dealkylation sites (N-methyl/N-ethyl adjacent to an activating group) is 1. The number of nitrogens with one attached hydrogen (secondary N) is 1. The molecular formula is C10H14N2. The average molecular weight is 162 g/mol. The molecule has 0 radical (unpaired) electrons. The van der Waals surface area contributed by atoms with Gasteiger partial charge in [0.2, 0.25) is 0 Å². The molecule has 1 aliphatic rings. The molecule has 0 unspecified atom stereocenters. The first kappa shape index (κ1) is 7.74. The smallest absolute Gasteiger partial charge is 0.0451 e. The molecule has 0 spiro atoms. The highest BCUT2D eigenvalue weighted by molar-refractivity contribution is 5.27. The second-order valence-corrected chi connectivity index (χ2v) is 3.27. The van der Waals surface area contributed by atoms with Crippen LogP contribution in [-0.4, -0.2) is 17.6 Å². The first-order chi connectivity index (χ1) is 5.90. The lowest BCUT2D eigenvalue weighted by molar-refractivity contribution is 0.550. The number of fused-ring (bicyclic) bond motifs is 1.